The van der Waals surface area contributed by atoms with E-state index in [1.54, 1.807) is 0 Å². The highest BCUT2D eigenvalue weighted by molar-refractivity contribution is 5.46. The van der Waals surface area contributed by atoms with Crippen molar-refractivity contribution in [3.63, 3.8) is 0 Å². The second-order valence-corrected chi connectivity index (χ2v) is 8.06. The van der Waals surface area contributed by atoms with Crippen LogP contribution in [0.3, 0.4) is 0 Å². The number of nitrogens with one attached hydrogen (secondary N) is 2. The van der Waals surface area contributed by atoms with Crippen molar-refractivity contribution in [3.8, 4) is 12.1 Å². The smallest absolute Gasteiger partial charge is 0.0991 e. The number of nitriles is 2. The summed E-state index contributed by atoms with van der Waals surface area (Å²) in [5.74, 6) is 0. The van der Waals surface area contributed by atoms with E-state index in [-0.39, 0.29) is 0 Å². The molecule has 0 aliphatic carbocycles. The molecule has 0 heterocycles. The van der Waals surface area contributed by atoms with Crippen LogP contribution >= 0.6 is 0 Å². The molecule has 168 valence electrons. The van der Waals surface area contributed by atoms with Crippen LogP contribution in [0.15, 0.2) is 97.1 Å². The number of hydrogen-bond acceptors (Lipinski definition) is 4. The van der Waals surface area contributed by atoms with Crippen LogP contribution in [-0.2, 0) is 13.1 Å². The summed E-state index contributed by atoms with van der Waals surface area (Å²) in [5, 5.41) is 24.1. The Balaban J connectivity index is 0.000000191. The topological polar surface area (TPSA) is 71.6 Å². The van der Waals surface area contributed by atoms with Gasteiger partial charge in [0.1, 0.15) is 0 Å². The predicted octanol–water partition coefficient (Wildman–Crippen LogP) is 6.96. The van der Waals surface area contributed by atoms with E-state index in [0.717, 1.165) is 24.5 Å². The predicted molar refractivity (Wildman–Crippen MR) is 139 cm³/mol. The number of hydrogen-bond donors (Lipinski definition) is 2. The van der Waals surface area contributed by atoms with Gasteiger partial charge in [-0.05, 0) is 73.5 Å². The summed E-state index contributed by atoms with van der Waals surface area (Å²) in [4.78, 5) is 0. The first kappa shape index (κ1) is 24.1. The van der Waals surface area contributed by atoms with E-state index in [0.29, 0.717) is 11.1 Å². The Labute approximate surface area is 202 Å². The maximum atomic E-state index is 8.70. The van der Waals surface area contributed by atoms with Crippen LogP contribution in [0.4, 0.5) is 11.4 Å². The van der Waals surface area contributed by atoms with E-state index in [9.17, 15) is 0 Å². The van der Waals surface area contributed by atoms with Crippen molar-refractivity contribution in [2.45, 2.75) is 26.9 Å². The monoisotopic (exact) mass is 444 g/mol. The minimum atomic E-state index is 0.698. The molecule has 4 aromatic rings. The van der Waals surface area contributed by atoms with Gasteiger partial charge < -0.3 is 10.6 Å². The number of benzene rings is 4. The van der Waals surface area contributed by atoms with Gasteiger partial charge in [0.2, 0.25) is 0 Å². The average molecular weight is 445 g/mol. The molecular formula is C30H28N4. The largest absolute Gasteiger partial charge is 0.381 e. The lowest BCUT2D eigenvalue weighted by Gasteiger charge is -2.06. The Bertz CT molecular complexity index is 1140. The Morgan fingerprint density at radius 3 is 1.12 bits per heavy atom. The van der Waals surface area contributed by atoms with Crippen molar-refractivity contribution in [2.24, 2.45) is 0 Å². The zero-order valence-corrected chi connectivity index (χ0v) is 19.5. The summed E-state index contributed by atoms with van der Waals surface area (Å²) < 4.78 is 0. The Kier molecular flexibility index (Phi) is 8.85. The van der Waals surface area contributed by atoms with Crippen molar-refractivity contribution >= 4 is 11.4 Å². The minimum absolute atomic E-state index is 0.698. The highest BCUT2D eigenvalue weighted by atomic mass is 14.9. The highest BCUT2D eigenvalue weighted by Crippen LogP contribution is 2.12. The van der Waals surface area contributed by atoms with Crippen LogP contribution in [0.25, 0.3) is 0 Å². The molecule has 0 aliphatic heterocycles. The SMILES string of the molecule is Cc1ccc(NCc2ccc(C#N)cc2)cc1.Cc1ccc(NCc2ccc(C#N)cc2)cc1. The van der Waals surface area contributed by atoms with Crippen molar-refractivity contribution < 1.29 is 0 Å². The van der Waals surface area contributed by atoms with Crippen molar-refractivity contribution in [3.05, 3.63) is 130 Å². The molecule has 4 heteroatoms. The molecule has 0 fully saturated rings. The second kappa shape index (κ2) is 12.5. The van der Waals surface area contributed by atoms with Gasteiger partial charge in [0.05, 0.1) is 23.3 Å². The maximum absolute atomic E-state index is 8.70. The van der Waals surface area contributed by atoms with E-state index in [4.69, 9.17) is 10.5 Å². The van der Waals surface area contributed by atoms with Gasteiger partial charge in [0.15, 0.2) is 0 Å². The van der Waals surface area contributed by atoms with E-state index < -0.39 is 0 Å². The molecule has 0 radical (unpaired) electrons. The first-order valence-corrected chi connectivity index (χ1v) is 11.1. The fourth-order valence-corrected chi connectivity index (χ4v) is 3.15. The fraction of sp³-hybridized carbons (Fsp3) is 0.133. The van der Waals surface area contributed by atoms with Gasteiger partial charge >= 0.3 is 0 Å². The van der Waals surface area contributed by atoms with E-state index in [2.05, 4.69) is 85.2 Å². The third-order valence-electron chi connectivity index (χ3n) is 5.26. The summed E-state index contributed by atoms with van der Waals surface area (Å²) in [6.45, 7) is 5.69. The van der Waals surface area contributed by atoms with Gasteiger partial charge in [0.25, 0.3) is 0 Å². The lowest BCUT2D eigenvalue weighted by Crippen LogP contribution is -1.99. The molecule has 2 N–H and O–H groups in total. The van der Waals surface area contributed by atoms with Crippen LogP contribution in [0, 0.1) is 36.5 Å². The van der Waals surface area contributed by atoms with Crippen LogP contribution in [0.2, 0.25) is 0 Å². The summed E-state index contributed by atoms with van der Waals surface area (Å²) in [6, 6.07) is 36.1. The molecule has 0 bridgehead atoms. The van der Waals surface area contributed by atoms with Crippen LogP contribution in [-0.4, -0.2) is 0 Å². The van der Waals surface area contributed by atoms with E-state index >= 15 is 0 Å². The molecule has 0 spiro atoms. The van der Waals surface area contributed by atoms with Crippen LogP contribution < -0.4 is 10.6 Å². The van der Waals surface area contributed by atoms with Gasteiger partial charge in [-0.3, -0.25) is 0 Å². The molecule has 0 saturated heterocycles. The minimum Gasteiger partial charge on any atom is -0.381 e. The lowest BCUT2D eigenvalue weighted by molar-refractivity contribution is 1.15. The van der Waals surface area contributed by atoms with Crippen LogP contribution in [0.5, 0.6) is 0 Å². The quantitative estimate of drug-likeness (QED) is 0.337. The van der Waals surface area contributed by atoms with Crippen molar-refractivity contribution in [1.82, 2.24) is 0 Å². The Hall–Kier alpha value is -4.54. The van der Waals surface area contributed by atoms with E-state index in [1.165, 1.54) is 22.3 Å². The average Bonchev–Trinajstić information content (AvgIpc) is 2.89. The second-order valence-electron chi connectivity index (χ2n) is 8.06. The molecule has 0 atom stereocenters. The standard InChI is InChI=1S/2C15H14N2/c2*1-12-2-8-15(9-3-12)17-11-14-6-4-13(10-16)5-7-14/h2*2-9,17H,11H2,1H3. The fourth-order valence-electron chi connectivity index (χ4n) is 3.15. The normalized spacial score (nSPS) is 9.65. The molecule has 0 amide bonds. The molecular weight excluding hydrogens is 416 g/mol. The van der Waals surface area contributed by atoms with Gasteiger partial charge in [-0.25, -0.2) is 0 Å². The number of nitrogens with zero attached hydrogens (tertiary/aromatic N) is 2. The molecule has 4 aromatic carbocycles. The molecule has 4 rings (SSSR count). The molecule has 4 nitrogen and oxygen atoms in total. The highest BCUT2D eigenvalue weighted by Gasteiger charge is 1.96. The third kappa shape index (κ3) is 7.86. The van der Waals surface area contributed by atoms with Crippen molar-refractivity contribution in [1.29, 1.82) is 10.5 Å². The lowest BCUT2D eigenvalue weighted by atomic mass is 10.1. The van der Waals surface area contributed by atoms with Gasteiger partial charge in [-0.15, -0.1) is 0 Å². The van der Waals surface area contributed by atoms with E-state index in [1.807, 2.05) is 48.5 Å². The van der Waals surface area contributed by atoms with Gasteiger partial charge in [0, 0.05) is 24.5 Å². The third-order valence-corrected chi connectivity index (χ3v) is 5.26. The van der Waals surface area contributed by atoms with Gasteiger partial charge in [-0.1, -0.05) is 59.7 Å². The number of aryl methyl sites for hydroxylation is 2. The summed E-state index contributed by atoms with van der Waals surface area (Å²) in [7, 11) is 0. The summed E-state index contributed by atoms with van der Waals surface area (Å²) in [6.07, 6.45) is 0. The molecule has 0 aromatic heterocycles. The number of anilines is 2. The summed E-state index contributed by atoms with van der Waals surface area (Å²) >= 11 is 0. The molecule has 34 heavy (non-hydrogen) atoms. The van der Waals surface area contributed by atoms with Crippen molar-refractivity contribution in [2.75, 3.05) is 10.6 Å². The zero-order chi connectivity index (χ0) is 24.2. The van der Waals surface area contributed by atoms with Crippen LogP contribution in [0.1, 0.15) is 33.4 Å². The molecule has 0 unspecified atom stereocenters. The zero-order valence-electron chi connectivity index (χ0n) is 19.5. The first-order chi connectivity index (χ1) is 16.6. The Morgan fingerprint density at radius 2 is 0.824 bits per heavy atom. The number of rotatable bonds is 6. The maximum Gasteiger partial charge on any atom is 0.0991 e. The summed E-state index contributed by atoms with van der Waals surface area (Å²) in [5.41, 5.74) is 8.48. The Morgan fingerprint density at radius 1 is 0.500 bits per heavy atom. The van der Waals surface area contributed by atoms with Gasteiger partial charge in [-0.2, -0.15) is 10.5 Å². The molecule has 0 aliphatic rings. The first-order valence-electron chi connectivity index (χ1n) is 11.1. The molecule has 0 saturated carbocycles.